The molecule has 0 aliphatic carbocycles. The number of carbonyl (C=O) groups is 2. The number of anilines is 1. The molecule has 1 unspecified atom stereocenters. The molecule has 102 valence electrons. The molecular weight excluding hydrogens is 246 g/mol. The molecule has 1 aromatic heterocycles. The average molecular weight is 263 g/mol. The molecule has 1 aliphatic heterocycles. The lowest BCUT2D eigenvalue weighted by molar-refractivity contribution is -0.133. The highest BCUT2D eigenvalue weighted by Crippen LogP contribution is 2.23. The minimum atomic E-state index is -0.448. The Balaban J connectivity index is 2.06. The molecule has 0 bridgehead atoms. The highest BCUT2D eigenvalue weighted by atomic mass is 16.5. The molecule has 2 amide bonds. The zero-order valence-corrected chi connectivity index (χ0v) is 10.8. The van der Waals surface area contributed by atoms with E-state index in [-0.39, 0.29) is 11.8 Å². The maximum Gasteiger partial charge on any atom is 0.249 e. The number of carbonyl (C=O) groups excluding carboxylic acids is 2. The summed E-state index contributed by atoms with van der Waals surface area (Å²) in [6.45, 7) is 2.61. The number of pyridine rings is 1. The lowest BCUT2D eigenvalue weighted by Crippen LogP contribution is -2.47. The molecule has 1 atom stereocenters. The molecule has 2 rings (SSSR count). The Labute approximate surface area is 111 Å². The maximum atomic E-state index is 11.7. The van der Waals surface area contributed by atoms with Gasteiger partial charge in [0.2, 0.25) is 11.8 Å². The van der Waals surface area contributed by atoms with Crippen LogP contribution in [-0.4, -0.2) is 29.4 Å². The molecule has 1 aromatic rings. The van der Waals surface area contributed by atoms with Crippen molar-refractivity contribution in [3.8, 4) is 5.75 Å². The number of piperidine rings is 1. The number of nitrogens with one attached hydrogen (secondary N) is 2. The van der Waals surface area contributed by atoms with E-state index < -0.39 is 6.04 Å². The molecule has 19 heavy (non-hydrogen) atoms. The number of nitrogens with zero attached hydrogens (tertiary/aromatic N) is 1. The first-order valence-corrected chi connectivity index (χ1v) is 6.38. The van der Waals surface area contributed by atoms with Crippen molar-refractivity contribution in [1.82, 2.24) is 10.3 Å². The SMILES string of the molecule is CCCOc1cccnc1NC1CCC(=O)NC1=O. The second-order valence-corrected chi connectivity index (χ2v) is 4.35. The van der Waals surface area contributed by atoms with Crippen LogP contribution in [0.15, 0.2) is 18.3 Å². The molecule has 6 nitrogen and oxygen atoms in total. The van der Waals surface area contributed by atoms with Crippen molar-refractivity contribution in [2.75, 3.05) is 11.9 Å². The summed E-state index contributed by atoms with van der Waals surface area (Å²) in [7, 11) is 0. The molecule has 1 aliphatic rings. The van der Waals surface area contributed by atoms with E-state index in [1.807, 2.05) is 6.92 Å². The standard InChI is InChI=1S/C13H17N3O3/c1-2-8-19-10-4-3-7-14-12(10)15-9-5-6-11(17)16-13(9)18/h3-4,7,9H,2,5-6,8H2,1H3,(H,14,15)(H,16,17,18). The van der Waals surface area contributed by atoms with Crippen LogP contribution in [0.4, 0.5) is 5.82 Å². The molecule has 6 heteroatoms. The van der Waals surface area contributed by atoms with Crippen LogP contribution in [0, 0.1) is 0 Å². The molecule has 1 saturated heterocycles. The summed E-state index contributed by atoms with van der Waals surface area (Å²) in [4.78, 5) is 26.9. The van der Waals surface area contributed by atoms with Crippen LogP contribution in [0.5, 0.6) is 5.75 Å². The number of hydrogen-bond acceptors (Lipinski definition) is 5. The number of rotatable bonds is 5. The van der Waals surface area contributed by atoms with E-state index in [0.29, 0.717) is 31.0 Å². The van der Waals surface area contributed by atoms with Crippen molar-refractivity contribution in [2.45, 2.75) is 32.2 Å². The summed E-state index contributed by atoms with van der Waals surface area (Å²) < 4.78 is 5.56. The highest BCUT2D eigenvalue weighted by molar-refractivity contribution is 6.01. The van der Waals surface area contributed by atoms with E-state index in [9.17, 15) is 9.59 Å². The maximum absolute atomic E-state index is 11.7. The summed E-state index contributed by atoms with van der Waals surface area (Å²) in [6, 6.07) is 3.13. The molecule has 0 aromatic carbocycles. The molecular formula is C13H17N3O3. The monoisotopic (exact) mass is 263 g/mol. The molecule has 2 heterocycles. The van der Waals surface area contributed by atoms with Crippen molar-refractivity contribution in [2.24, 2.45) is 0 Å². The minimum absolute atomic E-state index is 0.230. The van der Waals surface area contributed by atoms with Crippen molar-refractivity contribution >= 4 is 17.6 Å². The van der Waals surface area contributed by atoms with Gasteiger partial charge < -0.3 is 10.1 Å². The van der Waals surface area contributed by atoms with Gasteiger partial charge in [-0.2, -0.15) is 0 Å². The Morgan fingerprint density at radius 1 is 1.53 bits per heavy atom. The van der Waals surface area contributed by atoms with E-state index in [1.54, 1.807) is 18.3 Å². The second-order valence-electron chi connectivity index (χ2n) is 4.35. The summed E-state index contributed by atoms with van der Waals surface area (Å²) in [6.07, 6.45) is 3.33. The molecule has 2 N–H and O–H groups in total. The lowest BCUT2D eigenvalue weighted by atomic mass is 10.1. The first-order chi connectivity index (χ1) is 9.20. The number of aromatic nitrogens is 1. The predicted octanol–water partition coefficient (Wildman–Crippen LogP) is 1.09. The quantitative estimate of drug-likeness (QED) is 0.777. The molecule has 0 spiro atoms. The molecule has 0 radical (unpaired) electrons. The Morgan fingerprint density at radius 2 is 2.37 bits per heavy atom. The van der Waals surface area contributed by atoms with Crippen molar-refractivity contribution < 1.29 is 14.3 Å². The summed E-state index contributed by atoms with van der Waals surface area (Å²) >= 11 is 0. The van der Waals surface area contributed by atoms with Crippen LogP contribution in [0.1, 0.15) is 26.2 Å². The largest absolute Gasteiger partial charge is 0.490 e. The van der Waals surface area contributed by atoms with Crippen LogP contribution in [-0.2, 0) is 9.59 Å². The predicted molar refractivity (Wildman–Crippen MR) is 69.8 cm³/mol. The number of ether oxygens (including phenoxy) is 1. The Hall–Kier alpha value is -2.11. The third kappa shape index (κ3) is 3.43. The Bertz CT molecular complexity index is 476. The van der Waals surface area contributed by atoms with Gasteiger partial charge in [0.15, 0.2) is 11.6 Å². The smallest absolute Gasteiger partial charge is 0.249 e. The van der Waals surface area contributed by atoms with Gasteiger partial charge in [0.25, 0.3) is 0 Å². The minimum Gasteiger partial charge on any atom is -0.490 e. The van der Waals surface area contributed by atoms with Crippen LogP contribution in [0.25, 0.3) is 0 Å². The Morgan fingerprint density at radius 3 is 3.11 bits per heavy atom. The van der Waals surface area contributed by atoms with Crippen molar-refractivity contribution in [3.63, 3.8) is 0 Å². The van der Waals surface area contributed by atoms with Gasteiger partial charge in [0, 0.05) is 12.6 Å². The van der Waals surface area contributed by atoms with Gasteiger partial charge in [-0.05, 0) is 25.0 Å². The first-order valence-electron chi connectivity index (χ1n) is 6.38. The fourth-order valence-corrected chi connectivity index (χ4v) is 1.82. The lowest BCUT2D eigenvalue weighted by Gasteiger charge is -2.23. The van der Waals surface area contributed by atoms with Gasteiger partial charge in [-0.1, -0.05) is 6.92 Å². The fourth-order valence-electron chi connectivity index (χ4n) is 1.82. The number of imide groups is 1. The average Bonchev–Trinajstić information content (AvgIpc) is 2.41. The second kappa shape index (κ2) is 6.17. The third-order valence-electron chi connectivity index (χ3n) is 2.78. The summed E-state index contributed by atoms with van der Waals surface area (Å²) in [5.41, 5.74) is 0. The zero-order valence-electron chi connectivity index (χ0n) is 10.8. The van der Waals surface area contributed by atoms with Crippen LogP contribution < -0.4 is 15.4 Å². The number of amides is 2. The number of hydrogen-bond donors (Lipinski definition) is 2. The van der Waals surface area contributed by atoms with Gasteiger partial charge in [0.05, 0.1) is 6.61 Å². The molecule has 1 fully saturated rings. The summed E-state index contributed by atoms with van der Waals surface area (Å²) in [5, 5.41) is 5.33. The van der Waals surface area contributed by atoms with Crippen molar-refractivity contribution in [3.05, 3.63) is 18.3 Å². The fraction of sp³-hybridized carbons (Fsp3) is 0.462. The van der Waals surface area contributed by atoms with Gasteiger partial charge in [-0.25, -0.2) is 4.98 Å². The van der Waals surface area contributed by atoms with Gasteiger partial charge in [0.1, 0.15) is 6.04 Å². The van der Waals surface area contributed by atoms with E-state index >= 15 is 0 Å². The van der Waals surface area contributed by atoms with Gasteiger partial charge in [-0.3, -0.25) is 14.9 Å². The molecule has 0 saturated carbocycles. The van der Waals surface area contributed by atoms with E-state index in [4.69, 9.17) is 4.74 Å². The van der Waals surface area contributed by atoms with Gasteiger partial charge >= 0.3 is 0 Å². The van der Waals surface area contributed by atoms with Crippen molar-refractivity contribution in [1.29, 1.82) is 0 Å². The van der Waals surface area contributed by atoms with Crippen LogP contribution >= 0.6 is 0 Å². The third-order valence-corrected chi connectivity index (χ3v) is 2.78. The van der Waals surface area contributed by atoms with E-state index in [1.165, 1.54) is 0 Å². The van der Waals surface area contributed by atoms with Crippen LogP contribution in [0.2, 0.25) is 0 Å². The summed E-state index contributed by atoms with van der Waals surface area (Å²) in [5.74, 6) is 0.606. The normalized spacial score (nSPS) is 18.9. The Kier molecular flexibility index (Phi) is 4.33. The van der Waals surface area contributed by atoms with Gasteiger partial charge in [-0.15, -0.1) is 0 Å². The zero-order chi connectivity index (χ0) is 13.7. The van der Waals surface area contributed by atoms with E-state index in [2.05, 4.69) is 15.6 Å². The topological polar surface area (TPSA) is 80.3 Å². The highest BCUT2D eigenvalue weighted by Gasteiger charge is 2.27. The van der Waals surface area contributed by atoms with Crippen LogP contribution in [0.3, 0.4) is 0 Å². The first kappa shape index (κ1) is 13.3. The van der Waals surface area contributed by atoms with E-state index in [0.717, 1.165) is 6.42 Å².